The van der Waals surface area contributed by atoms with Crippen LogP contribution in [0.4, 0.5) is 0 Å². The Kier molecular flexibility index (Phi) is 5.48. The zero-order chi connectivity index (χ0) is 13.5. The molecule has 0 spiro atoms. The maximum absolute atomic E-state index is 5.76. The minimum absolute atomic E-state index is 0.718. The van der Waals surface area contributed by atoms with Crippen LogP contribution in [0.1, 0.15) is 12.8 Å². The quantitative estimate of drug-likeness (QED) is 0.850. The summed E-state index contributed by atoms with van der Waals surface area (Å²) in [5.74, 6) is 2.42. The lowest BCUT2D eigenvalue weighted by Gasteiger charge is -2.31. The lowest BCUT2D eigenvalue weighted by molar-refractivity contribution is 0.157. The molecule has 19 heavy (non-hydrogen) atoms. The van der Waals surface area contributed by atoms with E-state index in [0.29, 0.717) is 0 Å². The summed E-state index contributed by atoms with van der Waals surface area (Å²) in [5.41, 5.74) is 5.70. The minimum Gasteiger partial charge on any atom is -0.497 e. The van der Waals surface area contributed by atoms with Crippen molar-refractivity contribution in [3.8, 4) is 11.5 Å². The van der Waals surface area contributed by atoms with Crippen LogP contribution in [0.15, 0.2) is 24.3 Å². The van der Waals surface area contributed by atoms with Gasteiger partial charge in [0.25, 0.3) is 0 Å². The van der Waals surface area contributed by atoms with Gasteiger partial charge in [-0.05, 0) is 50.5 Å². The Balaban J connectivity index is 1.69. The maximum Gasteiger partial charge on any atom is 0.123 e. The highest BCUT2D eigenvalue weighted by Crippen LogP contribution is 2.19. The molecule has 0 saturated carbocycles. The first-order valence-electron chi connectivity index (χ1n) is 7.01. The summed E-state index contributed by atoms with van der Waals surface area (Å²) in [4.78, 5) is 2.45. The standard InChI is InChI=1S/C15H24N2O2/c1-18-14-3-2-4-15(11-14)19-10-9-17-7-5-13(12-16)6-8-17/h2-4,11,13H,5-10,12,16H2,1H3. The molecule has 0 amide bonds. The molecular weight excluding hydrogens is 240 g/mol. The summed E-state index contributed by atoms with van der Waals surface area (Å²) < 4.78 is 10.9. The predicted octanol–water partition coefficient (Wildman–Crippen LogP) is 1.74. The molecule has 0 radical (unpaired) electrons. The van der Waals surface area contributed by atoms with Crippen LogP contribution in [0.2, 0.25) is 0 Å². The molecule has 0 aromatic heterocycles. The number of likely N-dealkylation sites (tertiary alicyclic amines) is 1. The van der Waals surface area contributed by atoms with E-state index in [4.69, 9.17) is 15.2 Å². The Bertz CT molecular complexity index is 376. The molecule has 1 fully saturated rings. The van der Waals surface area contributed by atoms with E-state index in [1.54, 1.807) is 7.11 Å². The summed E-state index contributed by atoms with van der Waals surface area (Å²) >= 11 is 0. The van der Waals surface area contributed by atoms with Crippen molar-refractivity contribution >= 4 is 0 Å². The van der Waals surface area contributed by atoms with Crippen molar-refractivity contribution in [3.05, 3.63) is 24.3 Å². The molecular formula is C15H24N2O2. The summed E-state index contributed by atoms with van der Waals surface area (Å²) in [7, 11) is 1.67. The van der Waals surface area contributed by atoms with Gasteiger partial charge in [0.2, 0.25) is 0 Å². The van der Waals surface area contributed by atoms with Crippen LogP contribution in [-0.4, -0.2) is 44.8 Å². The summed E-state index contributed by atoms with van der Waals surface area (Å²) in [6, 6.07) is 7.75. The van der Waals surface area contributed by atoms with Gasteiger partial charge in [-0.2, -0.15) is 0 Å². The third-order valence-electron chi connectivity index (χ3n) is 3.76. The van der Waals surface area contributed by atoms with Gasteiger partial charge in [-0.15, -0.1) is 0 Å². The molecule has 0 aliphatic carbocycles. The predicted molar refractivity (Wildman–Crippen MR) is 76.7 cm³/mol. The molecule has 1 heterocycles. The Labute approximate surface area is 115 Å². The van der Waals surface area contributed by atoms with Gasteiger partial charge in [-0.1, -0.05) is 6.07 Å². The Morgan fingerprint density at radius 3 is 2.68 bits per heavy atom. The van der Waals surface area contributed by atoms with Crippen molar-refractivity contribution in [1.82, 2.24) is 4.90 Å². The minimum atomic E-state index is 0.718. The molecule has 1 aromatic carbocycles. The molecule has 4 heteroatoms. The van der Waals surface area contributed by atoms with Crippen molar-refractivity contribution in [2.24, 2.45) is 11.7 Å². The van der Waals surface area contributed by atoms with Crippen molar-refractivity contribution < 1.29 is 9.47 Å². The largest absolute Gasteiger partial charge is 0.497 e. The monoisotopic (exact) mass is 264 g/mol. The first kappa shape index (κ1) is 14.2. The summed E-state index contributed by atoms with van der Waals surface area (Å²) in [6.45, 7) is 4.82. The third-order valence-corrected chi connectivity index (χ3v) is 3.76. The van der Waals surface area contributed by atoms with Gasteiger partial charge in [0.15, 0.2) is 0 Å². The van der Waals surface area contributed by atoms with Crippen molar-refractivity contribution in [1.29, 1.82) is 0 Å². The fraction of sp³-hybridized carbons (Fsp3) is 0.600. The van der Waals surface area contributed by atoms with Gasteiger partial charge < -0.3 is 15.2 Å². The molecule has 2 rings (SSSR count). The van der Waals surface area contributed by atoms with E-state index in [1.165, 1.54) is 12.8 Å². The van der Waals surface area contributed by atoms with Crippen LogP contribution in [0.25, 0.3) is 0 Å². The van der Waals surface area contributed by atoms with Gasteiger partial charge in [0.05, 0.1) is 7.11 Å². The molecule has 1 aromatic rings. The second-order valence-electron chi connectivity index (χ2n) is 5.05. The average Bonchev–Trinajstić information content (AvgIpc) is 2.48. The number of piperidine rings is 1. The van der Waals surface area contributed by atoms with Crippen LogP contribution in [-0.2, 0) is 0 Å². The van der Waals surface area contributed by atoms with Gasteiger partial charge in [-0.25, -0.2) is 0 Å². The Morgan fingerprint density at radius 2 is 2.00 bits per heavy atom. The number of hydrogen-bond acceptors (Lipinski definition) is 4. The zero-order valence-corrected chi connectivity index (χ0v) is 11.7. The molecule has 1 saturated heterocycles. The molecule has 0 bridgehead atoms. The van der Waals surface area contributed by atoms with Gasteiger partial charge in [-0.3, -0.25) is 4.90 Å². The Hall–Kier alpha value is -1.26. The summed E-state index contributed by atoms with van der Waals surface area (Å²) in [5, 5.41) is 0. The van der Waals surface area contributed by atoms with E-state index < -0.39 is 0 Å². The van der Waals surface area contributed by atoms with E-state index in [9.17, 15) is 0 Å². The first-order chi connectivity index (χ1) is 9.31. The van der Waals surface area contributed by atoms with Crippen LogP contribution < -0.4 is 15.2 Å². The van der Waals surface area contributed by atoms with E-state index in [1.807, 2.05) is 24.3 Å². The van der Waals surface area contributed by atoms with Gasteiger partial charge in [0.1, 0.15) is 18.1 Å². The van der Waals surface area contributed by atoms with E-state index in [2.05, 4.69) is 4.90 Å². The topological polar surface area (TPSA) is 47.7 Å². The Morgan fingerprint density at radius 1 is 1.26 bits per heavy atom. The lowest BCUT2D eigenvalue weighted by atomic mass is 9.97. The fourth-order valence-electron chi connectivity index (χ4n) is 2.43. The lowest BCUT2D eigenvalue weighted by Crippen LogP contribution is -2.38. The second kappa shape index (κ2) is 7.36. The SMILES string of the molecule is COc1cccc(OCCN2CCC(CN)CC2)c1. The number of benzene rings is 1. The number of rotatable bonds is 6. The first-order valence-corrected chi connectivity index (χ1v) is 7.01. The highest BCUT2D eigenvalue weighted by atomic mass is 16.5. The van der Waals surface area contributed by atoms with E-state index in [0.717, 1.165) is 50.2 Å². The van der Waals surface area contributed by atoms with Gasteiger partial charge in [0, 0.05) is 12.6 Å². The maximum atomic E-state index is 5.76. The molecule has 0 unspecified atom stereocenters. The van der Waals surface area contributed by atoms with Crippen LogP contribution >= 0.6 is 0 Å². The number of nitrogens with zero attached hydrogens (tertiary/aromatic N) is 1. The van der Waals surface area contributed by atoms with Crippen molar-refractivity contribution in [2.45, 2.75) is 12.8 Å². The zero-order valence-electron chi connectivity index (χ0n) is 11.7. The molecule has 2 N–H and O–H groups in total. The molecule has 1 aliphatic rings. The highest BCUT2D eigenvalue weighted by Gasteiger charge is 2.17. The second-order valence-corrected chi connectivity index (χ2v) is 5.05. The van der Waals surface area contributed by atoms with Gasteiger partial charge >= 0.3 is 0 Å². The summed E-state index contributed by atoms with van der Waals surface area (Å²) in [6.07, 6.45) is 2.44. The van der Waals surface area contributed by atoms with Crippen molar-refractivity contribution in [2.75, 3.05) is 39.9 Å². The number of nitrogens with two attached hydrogens (primary N) is 1. The number of hydrogen-bond donors (Lipinski definition) is 1. The fourth-order valence-corrected chi connectivity index (χ4v) is 2.43. The van der Waals surface area contributed by atoms with Crippen LogP contribution in [0.5, 0.6) is 11.5 Å². The van der Waals surface area contributed by atoms with Crippen LogP contribution in [0, 0.1) is 5.92 Å². The van der Waals surface area contributed by atoms with Crippen molar-refractivity contribution in [3.63, 3.8) is 0 Å². The highest BCUT2D eigenvalue weighted by molar-refractivity contribution is 5.32. The third kappa shape index (κ3) is 4.40. The number of ether oxygens (including phenoxy) is 2. The van der Waals surface area contributed by atoms with E-state index in [-0.39, 0.29) is 0 Å². The smallest absolute Gasteiger partial charge is 0.123 e. The normalized spacial score (nSPS) is 17.4. The van der Waals surface area contributed by atoms with Crippen LogP contribution in [0.3, 0.4) is 0 Å². The van der Waals surface area contributed by atoms with E-state index >= 15 is 0 Å². The molecule has 106 valence electrons. The molecule has 4 nitrogen and oxygen atoms in total. The molecule has 1 aliphatic heterocycles. The molecule has 0 atom stereocenters. The average molecular weight is 264 g/mol. The number of methoxy groups -OCH3 is 1.